The lowest BCUT2D eigenvalue weighted by atomic mass is 10.2. The molecular weight excluding hydrogens is 424 g/mol. The Kier molecular flexibility index (Phi) is 5.78. The summed E-state index contributed by atoms with van der Waals surface area (Å²) < 4.78 is 1.15. The highest BCUT2D eigenvalue weighted by atomic mass is 79.9. The van der Waals surface area contributed by atoms with E-state index >= 15 is 0 Å². The molecule has 27 heavy (non-hydrogen) atoms. The van der Waals surface area contributed by atoms with Crippen LogP contribution in [0.2, 0.25) is 0 Å². The second-order valence-corrected chi connectivity index (χ2v) is 9.41. The molecule has 0 atom stereocenters. The van der Waals surface area contributed by atoms with Gasteiger partial charge >= 0.3 is 0 Å². The van der Waals surface area contributed by atoms with Crippen LogP contribution in [0.15, 0.2) is 40.2 Å². The summed E-state index contributed by atoms with van der Waals surface area (Å²) >= 11 is 5.24. The number of nitrogens with zero attached hydrogens (tertiary/aromatic N) is 3. The highest BCUT2D eigenvalue weighted by molar-refractivity contribution is 9.11. The van der Waals surface area contributed by atoms with Gasteiger partial charge in [-0.25, -0.2) is 4.98 Å². The molecule has 4 rings (SSSR count). The maximum atomic E-state index is 12.6. The minimum Gasteiger partial charge on any atom is -0.341 e. The van der Waals surface area contributed by atoms with Gasteiger partial charge in [-0.1, -0.05) is 12.1 Å². The molecule has 0 bridgehead atoms. The molecule has 5 nitrogen and oxygen atoms in total. The van der Waals surface area contributed by atoms with Crippen molar-refractivity contribution in [1.29, 1.82) is 0 Å². The van der Waals surface area contributed by atoms with Crippen molar-refractivity contribution in [2.24, 2.45) is 0 Å². The normalized spacial score (nSPS) is 15.3. The largest absolute Gasteiger partial charge is 0.341 e. The van der Waals surface area contributed by atoms with Crippen molar-refractivity contribution in [1.82, 2.24) is 14.9 Å². The van der Waals surface area contributed by atoms with Crippen LogP contribution >= 0.6 is 27.3 Å². The van der Waals surface area contributed by atoms with Crippen LogP contribution in [0.1, 0.15) is 24.1 Å². The van der Waals surface area contributed by atoms with Crippen LogP contribution in [0, 0.1) is 0 Å². The molecule has 0 unspecified atom stereocenters. The average molecular weight is 447 g/mol. The molecule has 1 saturated heterocycles. The van der Waals surface area contributed by atoms with Gasteiger partial charge in [-0.05, 0) is 59.5 Å². The van der Waals surface area contributed by atoms with Gasteiger partial charge in [-0.2, -0.15) is 0 Å². The lowest BCUT2D eigenvalue weighted by molar-refractivity contribution is -0.131. The number of para-hydroxylation sites is 2. The lowest BCUT2D eigenvalue weighted by Crippen LogP contribution is -2.35. The second-order valence-electron chi connectivity index (χ2n) is 6.86. The van der Waals surface area contributed by atoms with Crippen molar-refractivity contribution in [2.75, 3.05) is 31.1 Å². The van der Waals surface area contributed by atoms with Crippen LogP contribution in [0.5, 0.6) is 0 Å². The van der Waals surface area contributed by atoms with Gasteiger partial charge in [-0.15, -0.1) is 11.3 Å². The summed E-state index contributed by atoms with van der Waals surface area (Å²) in [4.78, 5) is 26.3. The van der Waals surface area contributed by atoms with E-state index in [4.69, 9.17) is 4.98 Å². The van der Waals surface area contributed by atoms with Crippen LogP contribution in [-0.2, 0) is 11.2 Å². The second kappa shape index (κ2) is 8.44. The van der Waals surface area contributed by atoms with Crippen molar-refractivity contribution in [3.8, 4) is 0 Å². The molecule has 7 heteroatoms. The lowest BCUT2D eigenvalue weighted by Gasteiger charge is -2.21. The summed E-state index contributed by atoms with van der Waals surface area (Å²) in [6.45, 7) is 3.34. The fourth-order valence-electron chi connectivity index (χ4n) is 3.53. The summed E-state index contributed by atoms with van der Waals surface area (Å²) in [5.41, 5.74) is 2.05. The number of hydrogen-bond donors (Lipinski definition) is 1. The number of halogens is 1. The molecule has 1 fully saturated rings. The van der Waals surface area contributed by atoms with Crippen molar-refractivity contribution < 1.29 is 4.79 Å². The van der Waals surface area contributed by atoms with Crippen molar-refractivity contribution in [2.45, 2.75) is 25.7 Å². The summed E-state index contributed by atoms with van der Waals surface area (Å²) in [6.07, 6.45) is 3.48. The predicted molar refractivity (Wildman–Crippen MR) is 114 cm³/mol. The molecular formula is C20H23BrN4OS. The van der Waals surface area contributed by atoms with E-state index in [1.54, 1.807) is 11.3 Å². The van der Waals surface area contributed by atoms with E-state index in [9.17, 15) is 4.79 Å². The van der Waals surface area contributed by atoms with E-state index < -0.39 is 0 Å². The Bertz CT molecular complexity index is 888. The topological polar surface area (TPSA) is 52.2 Å². The number of hydrogen-bond acceptors (Lipinski definition) is 4. The zero-order chi connectivity index (χ0) is 18.6. The fraction of sp³-hybridized carbons (Fsp3) is 0.400. The summed E-state index contributed by atoms with van der Waals surface area (Å²) in [7, 11) is 0. The SMILES string of the molecule is O=C(CCCc1ccc(Br)s1)N1CCCN(c2nc3ccccc3[nH]2)CC1. The number of rotatable bonds is 5. The van der Waals surface area contributed by atoms with Crippen LogP contribution in [-0.4, -0.2) is 47.0 Å². The summed E-state index contributed by atoms with van der Waals surface area (Å²) in [6, 6.07) is 12.3. The first kappa shape index (κ1) is 18.5. The monoisotopic (exact) mass is 446 g/mol. The Labute approximate surface area is 171 Å². The molecule has 142 valence electrons. The Hall–Kier alpha value is -1.86. The molecule has 1 aromatic carbocycles. The van der Waals surface area contributed by atoms with Gasteiger partial charge in [0.1, 0.15) is 0 Å². The van der Waals surface area contributed by atoms with Crippen molar-refractivity contribution in [3.05, 3.63) is 45.1 Å². The first-order valence-corrected chi connectivity index (χ1v) is 11.0. The van der Waals surface area contributed by atoms with E-state index in [2.05, 4.69) is 37.9 Å². The number of amides is 1. The molecule has 0 radical (unpaired) electrons. The molecule has 1 aliphatic rings. The minimum absolute atomic E-state index is 0.275. The molecule has 3 heterocycles. The number of aryl methyl sites for hydroxylation is 1. The van der Waals surface area contributed by atoms with Gasteiger partial charge in [0.2, 0.25) is 11.9 Å². The number of H-pyrrole nitrogens is 1. The van der Waals surface area contributed by atoms with Crippen molar-refractivity contribution in [3.63, 3.8) is 0 Å². The number of fused-ring (bicyclic) bond motifs is 1. The maximum Gasteiger partial charge on any atom is 0.222 e. The number of carbonyl (C=O) groups is 1. The Balaban J connectivity index is 1.30. The highest BCUT2D eigenvalue weighted by Gasteiger charge is 2.20. The summed E-state index contributed by atoms with van der Waals surface area (Å²) in [5.74, 6) is 1.19. The number of imidazole rings is 1. The number of aromatic amines is 1. The average Bonchev–Trinajstić information content (AvgIpc) is 3.20. The van der Waals surface area contributed by atoms with Gasteiger partial charge in [0.05, 0.1) is 14.8 Å². The van der Waals surface area contributed by atoms with Crippen molar-refractivity contribution >= 4 is 50.2 Å². The van der Waals surface area contributed by atoms with E-state index in [-0.39, 0.29) is 5.91 Å². The van der Waals surface area contributed by atoms with E-state index in [1.165, 1.54) is 4.88 Å². The van der Waals surface area contributed by atoms with Gasteiger partial charge in [0.15, 0.2) is 0 Å². The number of nitrogens with one attached hydrogen (secondary N) is 1. The molecule has 0 spiro atoms. The molecule has 0 saturated carbocycles. The molecule has 2 aromatic heterocycles. The maximum absolute atomic E-state index is 12.6. The molecule has 1 N–H and O–H groups in total. The predicted octanol–water partition coefficient (Wildman–Crippen LogP) is 4.45. The highest BCUT2D eigenvalue weighted by Crippen LogP contribution is 2.24. The molecule has 1 aliphatic heterocycles. The molecule has 3 aromatic rings. The zero-order valence-electron chi connectivity index (χ0n) is 15.2. The third kappa shape index (κ3) is 4.52. The third-order valence-electron chi connectivity index (χ3n) is 4.97. The zero-order valence-corrected chi connectivity index (χ0v) is 17.6. The number of thiophene rings is 1. The van der Waals surface area contributed by atoms with E-state index in [1.807, 2.05) is 29.2 Å². The number of anilines is 1. The van der Waals surface area contributed by atoms with Gasteiger partial charge in [0, 0.05) is 37.5 Å². The van der Waals surface area contributed by atoms with E-state index in [0.717, 1.165) is 66.2 Å². The first-order chi connectivity index (χ1) is 13.2. The fourth-order valence-corrected chi connectivity index (χ4v) is 5.05. The Morgan fingerprint density at radius 2 is 2.04 bits per heavy atom. The standard InChI is InChI=1S/C20H23BrN4OS/c21-18-10-9-15(27-18)5-3-8-19(26)24-11-4-12-25(14-13-24)20-22-16-6-1-2-7-17(16)23-20/h1-2,6-7,9-10H,3-5,8,11-14H2,(H,22,23). The molecule has 0 aliphatic carbocycles. The molecule has 1 amide bonds. The van der Waals surface area contributed by atoms with Gasteiger partial charge < -0.3 is 14.8 Å². The van der Waals surface area contributed by atoms with Gasteiger partial charge in [-0.3, -0.25) is 4.79 Å². The number of aromatic nitrogens is 2. The number of benzene rings is 1. The van der Waals surface area contributed by atoms with Crippen LogP contribution in [0.3, 0.4) is 0 Å². The summed E-state index contributed by atoms with van der Waals surface area (Å²) in [5, 5.41) is 0. The van der Waals surface area contributed by atoms with Crippen LogP contribution in [0.4, 0.5) is 5.95 Å². The Morgan fingerprint density at radius 1 is 1.15 bits per heavy atom. The Morgan fingerprint density at radius 3 is 2.85 bits per heavy atom. The number of carbonyl (C=O) groups excluding carboxylic acids is 1. The smallest absolute Gasteiger partial charge is 0.222 e. The quantitative estimate of drug-likeness (QED) is 0.629. The third-order valence-corrected chi connectivity index (χ3v) is 6.65. The van der Waals surface area contributed by atoms with Crippen LogP contribution in [0.25, 0.3) is 11.0 Å². The van der Waals surface area contributed by atoms with Gasteiger partial charge in [0.25, 0.3) is 0 Å². The first-order valence-electron chi connectivity index (χ1n) is 9.41. The van der Waals surface area contributed by atoms with E-state index in [0.29, 0.717) is 6.42 Å². The van der Waals surface area contributed by atoms with Crippen LogP contribution < -0.4 is 4.90 Å². The minimum atomic E-state index is 0.275.